The molecule has 2 fully saturated rings. The molecule has 4 heterocycles. The number of hydrogen-bond donors (Lipinski definition) is 0. The van der Waals surface area contributed by atoms with Crippen molar-refractivity contribution in [1.82, 2.24) is 9.13 Å². The highest BCUT2D eigenvalue weighted by atomic mass is 32.2. The molecule has 0 saturated carbocycles. The summed E-state index contributed by atoms with van der Waals surface area (Å²) in [6.45, 7) is 6.46. The fourth-order valence-electron chi connectivity index (χ4n) is 6.17. The summed E-state index contributed by atoms with van der Waals surface area (Å²) >= 11 is 0. The zero-order valence-electron chi connectivity index (χ0n) is 32.4. The highest BCUT2D eigenvalue weighted by Gasteiger charge is 2.17. The van der Waals surface area contributed by atoms with Crippen LogP contribution in [0.1, 0.15) is 51.4 Å². The number of aryl methyl sites for hydroxylation is 4. The smallest absolute Gasteiger partial charge is 0.421 e. The Morgan fingerprint density at radius 2 is 0.893 bits per heavy atom. The van der Waals surface area contributed by atoms with Crippen molar-refractivity contribution < 1.29 is 45.2 Å². The number of unbranched alkanes of at least 4 members (excludes halogenated alkanes) is 3. The summed E-state index contributed by atoms with van der Waals surface area (Å²) < 4.78 is 51.6. The van der Waals surface area contributed by atoms with Gasteiger partial charge in [0, 0.05) is 47.8 Å². The number of aromatic nitrogens is 4. The van der Waals surface area contributed by atoms with Crippen molar-refractivity contribution in [2.75, 3.05) is 48.5 Å². The molecule has 306 valence electrons. The Hall–Kier alpha value is -4.60. The molecule has 0 aliphatic carbocycles. The molecule has 18 nitrogen and oxygen atoms in total. The van der Waals surface area contributed by atoms with Crippen LogP contribution >= 0.6 is 0 Å². The van der Waals surface area contributed by atoms with Gasteiger partial charge in [0.25, 0.3) is 20.2 Å². The largest absolute Gasteiger partial charge is 0.707 e. The van der Waals surface area contributed by atoms with E-state index in [1.54, 1.807) is 0 Å². The average Bonchev–Trinajstić information content (AvgIpc) is 4.02. The normalized spacial score (nSPS) is 14.7. The molecule has 20 heteroatoms. The first-order valence-corrected chi connectivity index (χ1v) is 22.1. The van der Waals surface area contributed by atoms with Gasteiger partial charge in [0.2, 0.25) is 0 Å². The highest BCUT2D eigenvalue weighted by Crippen LogP contribution is 2.26. The zero-order valence-corrected chi connectivity index (χ0v) is 34.0. The summed E-state index contributed by atoms with van der Waals surface area (Å²) in [7, 11) is -3.39. The summed E-state index contributed by atoms with van der Waals surface area (Å²) in [6.07, 6.45) is 19.3. The second-order valence-corrected chi connectivity index (χ2v) is 16.7. The van der Waals surface area contributed by atoms with Gasteiger partial charge in [-0.25, -0.2) is 35.1 Å². The minimum absolute atomic E-state index is 0.681. The Kier molecular flexibility index (Phi) is 17.0. The first-order valence-electron chi connectivity index (χ1n) is 18.4. The maximum atomic E-state index is 9.47. The number of azo groups is 2. The molecule has 0 spiro atoms. The fraction of sp³-hybridized carbons (Fsp3) is 0.500. The van der Waals surface area contributed by atoms with Gasteiger partial charge in [-0.2, -0.15) is 0 Å². The van der Waals surface area contributed by atoms with Crippen LogP contribution in [0, 0.1) is 0 Å². The minimum atomic E-state index is -3.72. The van der Waals surface area contributed by atoms with E-state index >= 15 is 0 Å². The van der Waals surface area contributed by atoms with Crippen molar-refractivity contribution in [3.8, 4) is 0 Å². The Morgan fingerprint density at radius 3 is 1.20 bits per heavy atom. The van der Waals surface area contributed by atoms with Crippen molar-refractivity contribution in [3.05, 3.63) is 73.3 Å². The molecular formula is C36H52N10O8S2. The van der Waals surface area contributed by atoms with E-state index in [9.17, 15) is 16.8 Å². The third-order valence-corrected chi connectivity index (χ3v) is 9.53. The molecule has 2 saturated heterocycles. The van der Waals surface area contributed by atoms with E-state index < -0.39 is 20.2 Å². The van der Waals surface area contributed by atoms with Gasteiger partial charge >= 0.3 is 11.9 Å². The predicted octanol–water partition coefficient (Wildman–Crippen LogP) is 3.71. The minimum Gasteiger partial charge on any atom is -0.707 e. The van der Waals surface area contributed by atoms with Crippen LogP contribution in [0.3, 0.4) is 0 Å². The molecule has 0 amide bonds. The number of hydrogen-bond acceptors (Lipinski definition) is 14. The van der Waals surface area contributed by atoms with Crippen molar-refractivity contribution >= 4 is 54.9 Å². The summed E-state index contributed by atoms with van der Waals surface area (Å²) in [6, 6.07) is 16.9. The third kappa shape index (κ3) is 14.8. The van der Waals surface area contributed by atoms with Gasteiger partial charge < -0.3 is 29.0 Å². The summed E-state index contributed by atoms with van der Waals surface area (Å²) in [5.74, 6) is 1.74. The lowest BCUT2D eigenvalue weighted by molar-refractivity contribution is -0.657. The first kappa shape index (κ1) is 44.1. The second kappa shape index (κ2) is 21.6. The lowest BCUT2D eigenvalue weighted by atomic mass is 10.2. The van der Waals surface area contributed by atoms with E-state index in [4.69, 9.17) is 10.5 Å². The van der Waals surface area contributed by atoms with Crippen molar-refractivity contribution in [2.45, 2.75) is 64.5 Å². The number of imidazole rings is 2. The van der Waals surface area contributed by atoms with Crippen LogP contribution in [-0.2, 0) is 56.1 Å². The van der Waals surface area contributed by atoms with Gasteiger partial charge in [-0.05, 0) is 87.1 Å². The molecule has 2 aromatic heterocycles. The second-order valence-electron chi connectivity index (χ2n) is 13.6. The average molecular weight is 817 g/mol. The maximum absolute atomic E-state index is 9.47. The van der Waals surface area contributed by atoms with Crippen LogP contribution in [0.5, 0.6) is 0 Å². The van der Waals surface area contributed by atoms with Crippen LogP contribution < -0.4 is 29.4 Å². The van der Waals surface area contributed by atoms with Crippen LogP contribution in [0.4, 0.5) is 34.6 Å². The van der Waals surface area contributed by atoms with E-state index in [-0.39, 0.29) is 0 Å². The summed E-state index contributed by atoms with van der Waals surface area (Å²) in [4.78, 5) is 4.87. The van der Waals surface area contributed by atoms with Gasteiger partial charge in [0.1, 0.15) is 11.4 Å². The van der Waals surface area contributed by atoms with Crippen LogP contribution in [-0.4, -0.2) is 64.7 Å². The first-order chi connectivity index (χ1) is 26.8. The third-order valence-electron chi connectivity index (χ3n) is 9.03. The molecule has 0 bridgehead atoms. The Bertz CT molecular complexity index is 1920. The predicted molar refractivity (Wildman–Crippen MR) is 206 cm³/mol. The maximum Gasteiger partial charge on any atom is 0.421 e. The van der Waals surface area contributed by atoms with Crippen LogP contribution in [0.25, 0.3) is 0 Å². The van der Waals surface area contributed by atoms with E-state index in [0.29, 0.717) is 12.5 Å². The van der Waals surface area contributed by atoms with Gasteiger partial charge in [0.05, 0.1) is 64.5 Å². The fourth-order valence-corrected chi connectivity index (χ4v) is 6.17. The van der Waals surface area contributed by atoms with Crippen molar-refractivity contribution in [2.24, 2.45) is 34.6 Å². The van der Waals surface area contributed by atoms with Crippen LogP contribution in [0.2, 0.25) is 0 Å². The number of rotatable bonds is 15. The molecule has 0 unspecified atom stereocenters. The van der Waals surface area contributed by atoms with Gasteiger partial charge in [-0.3, -0.25) is 0 Å². The zero-order chi connectivity index (χ0) is 40.6. The lowest BCUT2D eigenvalue weighted by Crippen LogP contribution is -2.25. The van der Waals surface area contributed by atoms with Crippen LogP contribution in [0.15, 0.2) is 93.8 Å². The topological polar surface area (TPSA) is 206 Å². The molecule has 6 rings (SSSR count). The monoisotopic (exact) mass is 816 g/mol. The molecule has 2 aliphatic rings. The van der Waals surface area contributed by atoms with Gasteiger partial charge in [0.15, 0.2) is 0 Å². The Labute approximate surface area is 329 Å². The lowest BCUT2D eigenvalue weighted by Gasteiger charge is -2.16. The summed E-state index contributed by atoms with van der Waals surface area (Å²) in [5, 5.41) is 36.0. The van der Waals surface area contributed by atoms with Crippen molar-refractivity contribution in [3.63, 3.8) is 0 Å². The number of anilines is 2. The van der Waals surface area contributed by atoms with Crippen molar-refractivity contribution in [1.29, 1.82) is 0 Å². The molecular weight excluding hydrogens is 765 g/mol. The molecule has 2 aliphatic heterocycles. The van der Waals surface area contributed by atoms with E-state index in [1.807, 2.05) is 23.2 Å². The molecule has 0 radical (unpaired) electrons. The van der Waals surface area contributed by atoms with E-state index in [1.165, 1.54) is 37.1 Å². The molecule has 4 aromatic rings. The molecule has 56 heavy (non-hydrogen) atoms. The SMILES string of the molecule is CS(=O)(=O)O[O-].CS(=O)(=O)O[O-].C[n+]1ccn(CCCCCCn2cc[n+](C)c2N=Nc2ccc(N3CCCC3)cc2)c1N=Nc1ccc(N2CCCC2)cc1. The molecule has 0 atom stereocenters. The molecule has 2 aromatic carbocycles. The number of nitrogens with zero attached hydrogens (tertiary/aromatic N) is 10. The highest BCUT2D eigenvalue weighted by molar-refractivity contribution is 7.86. The van der Waals surface area contributed by atoms with Gasteiger partial charge in [-0.15, -0.1) is 0 Å². The van der Waals surface area contributed by atoms with E-state index in [0.717, 1.165) is 88.2 Å². The Balaban J connectivity index is 0.000000505. The summed E-state index contributed by atoms with van der Waals surface area (Å²) in [5.41, 5.74) is 4.32. The number of benzene rings is 2. The van der Waals surface area contributed by atoms with Gasteiger partial charge in [-0.1, -0.05) is 23.1 Å². The standard InChI is InChI=1S/C34H46N10.2CH4O4S/c1-39-25-27-43(33(39)37-35-29-11-15-31(16-12-29)41-19-7-8-20-41)23-5-3-4-6-24-44-28-26-40(2)34(44)38-36-30-13-17-32(18-14-30)42-21-9-10-22-42;2*1-6(3,4)5-2/h11-18,25-28H,3-10,19-24H2,1-2H3;2*2H,1H3/q+2;;/p-2. The molecule has 0 N–H and O–H groups in total. The quantitative estimate of drug-likeness (QED) is 0.0559. The Morgan fingerprint density at radius 1 is 0.571 bits per heavy atom. The van der Waals surface area contributed by atoms with E-state index in [2.05, 4.69) is 121 Å².